The van der Waals surface area contributed by atoms with Gasteiger partial charge in [0.05, 0.1) is 0 Å². The van der Waals surface area contributed by atoms with Gasteiger partial charge in [0.1, 0.15) is 0 Å². The highest BCUT2D eigenvalue weighted by atomic mass is 14.8. The van der Waals surface area contributed by atoms with E-state index in [9.17, 15) is 0 Å². The molecule has 1 aliphatic carbocycles. The standard InChI is InChI=1S/C15H22N2/c16-14(11-12-7-3-1-4-8-12)15(17)13-9-5-2-6-10-13/h2,5-7,9-10,14-15H,1,3-4,8,11,16-17H2/t14-,15?/m0/s1. The summed E-state index contributed by atoms with van der Waals surface area (Å²) in [6.45, 7) is 0. The third-order valence-electron chi connectivity index (χ3n) is 3.53. The quantitative estimate of drug-likeness (QED) is 0.781. The molecule has 0 saturated carbocycles. The first-order chi connectivity index (χ1) is 8.27. The molecular weight excluding hydrogens is 208 g/mol. The van der Waals surface area contributed by atoms with Gasteiger partial charge in [0.15, 0.2) is 0 Å². The van der Waals surface area contributed by atoms with Crippen LogP contribution in [0.5, 0.6) is 0 Å². The van der Waals surface area contributed by atoms with Gasteiger partial charge in [-0.3, -0.25) is 0 Å². The lowest BCUT2D eigenvalue weighted by Gasteiger charge is -2.23. The highest BCUT2D eigenvalue weighted by Crippen LogP contribution is 2.24. The Hall–Kier alpha value is -1.12. The van der Waals surface area contributed by atoms with E-state index in [2.05, 4.69) is 18.2 Å². The van der Waals surface area contributed by atoms with Gasteiger partial charge in [0, 0.05) is 12.1 Å². The molecule has 0 aliphatic heterocycles. The molecule has 0 radical (unpaired) electrons. The van der Waals surface area contributed by atoms with E-state index in [0.717, 1.165) is 12.0 Å². The van der Waals surface area contributed by atoms with Gasteiger partial charge in [-0.05, 0) is 37.7 Å². The van der Waals surface area contributed by atoms with Crippen molar-refractivity contribution in [3.05, 3.63) is 47.5 Å². The molecule has 1 aromatic rings. The molecule has 0 aromatic heterocycles. The number of rotatable bonds is 4. The minimum absolute atomic E-state index is 0.0294. The number of nitrogens with two attached hydrogens (primary N) is 2. The van der Waals surface area contributed by atoms with Crippen LogP contribution in [0.15, 0.2) is 42.0 Å². The molecule has 0 fully saturated rings. The molecule has 1 aromatic carbocycles. The highest BCUT2D eigenvalue weighted by Gasteiger charge is 2.17. The second kappa shape index (κ2) is 5.99. The van der Waals surface area contributed by atoms with Gasteiger partial charge in [-0.1, -0.05) is 42.0 Å². The monoisotopic (exact) mass is 230 g/mol. The summed E-state index contributed by atoms with van der Waals surface area (Å²) in [5.74, 6) is 0. The highest BCUT2D eigenvalue weighted by molar-refractivity contribution is 5.21. The minimum Gasteiger partial charge on any atom is -0.326 e. The predicted molar refractivity (Wildman–Crippen MR) is 72.5 cm³/mol. The summed E-state index contributed by atoms with van der Waals surface area (Å²) >= 11 is 0. The van der Waals surface area contributed by atoms with Crippen LogP contribution < -0.4 is 11.5 Å². The SMILES string of the molecule is NC(c1ccccc1)[C@@H](N)CC1=CCCCC1. The van der Waals surface area contributed by atoms with Crippen LogP contribution in [0.1, 0.15) is 43.7 Å². The maximum absolute atomic E-state index is 6.21. The molecule has 2 heteroatoms. The van der Waals surface area contributed by atoms with Crippen molar-refractivity contribution in [2.75, 3.05) is 0 Å². The second-order valence-electron chi connectivity index (χ2n) is 4.91. The molecule has 0 saturated heterocycles. The largest absolute Gasteiger partial charge is 0.326 e. The van der Waals surface area contributed by atoms with E-state index in [1.807, 2.05) is 18.2 Å². The molecule has 17 heavy (non-hydrogen) atoms. The van der Waals surface area contributed by atoms with Crippen LogP contribution in [0, 0.1) is 0 Å². The Bertz CT molecular complexity index is 370. The van der Waals surface area contributed by atoms with Crippen molar-refractivity contribution in [3.8, 4) is 0 Å². The van der Waals surface area contributed by atoms with Crippen LogP contribution in [0.4, 0.5) is 0 Å². The zero-order chi connectivity index (χ0) is 12.1. The third-order valence-corrected chi connectivity index (χ3v) is 3.53. The van der Waals surface area contributed by atoms with E-state index >= 15 is 0 Å². The van der Waals surface area contributed by atoms with E-state index in [0.29, 0.717) is 0 Å². The summed E-state index contributed by atoms with van der Waals surface area (Å²) < 4.78 is 0. The molecule has 0 bridgehead atoms. The summed E-state index contributed by atoms with van der Waals surface area (Å²) in [5, 5.41) is 0. The zero-order valence-corrected chi connectivity index (χ0v) is 10.3. The van der Waals surface area contributed by atoms with Crippen molar-refractivity contribution >= 4 is 0 Å². The fourth-order valence-electron chi connectivity index (χ4n) is 2.44. The Balaban J connectivity index is 1.95. The molecular formula is C15H22N2. The number of benzene rings is 1. The van der Waals surface area contributed by atoms with Crippen molar-refractivity contribution < 1.29 is 0 Å². The van der Waals surface area contributed by atoms with E-state index in [1.54, 1.807) is 0 Å². The van der Waals surface area contributed by atoms with Gasteiger partial charge in [-0.15, -0.1) is 0 Å². The second-order valence-corrected chi connectivity index (χ2v) is 4.91. The molecule has 0 amide bonds. The molecule has 2 atom stereocenters. The summed E-state index contributed by atoms with van der Waals surface area (Å²) in [5.41, 5.74) is 15.0. The zero-order valence-electron chi connectivity index (χ0n) is 10.3. The van der Waals surface area contributed by atoms with Crippen molar-refractivity contribution in [1.82, 2.24) is 0 Å². The van der Waals surface area contributed by atoms with E-state index < -0.39 is 0 Å². The van der Waals surface area contributed by atoms with E-state index in [4.69, 9.17) is 11.5 Å². The van der Waals surface area contributed by atoms with Crippen molar-refractivity contribution in [2.45, 2.75) is 44.2 Å². The molecule has 2 nitrogen and oxygen atoms in total. The van der Waals surface area contributed by atoms with Gasteiger partial charge < -0.3 is 11.5 Å². The van der Waals surface area contributed by atoms with Crippen molar-refractivity contribution in [3.63, 3.8) is 0 Å². The van der Waals surface area contributed by atoms with Crippen LogP contribution in [0.25, 0.3) is 0 Å². The molecule has 1 aliphatic rings. The maximum Gasteiger partial charge on any atom is 0.0451 e. The van der Waals surface area contributed by atoms with Crippen molar-refractivity contribution in [1.29, 1.82) is 0 Å². The molecule has 92 valence electrons. The molecule has 2 rings (SSSR count). The van der Waals surface area contributed by atoms with Crippen molar-refractivity contribution in [2.24, 2.45) is 11.5 Å². The average molecular weight is 230 g/mol. The number of hydrogen-bond acceptors (Lipinski definition) is 2. The van der Waals surface area contributed by atoms with Crippen LogP contribution in [-0.4, -0.2) is 6.04 Å². The molecule has 1 unspecified atom stereocenters. The molecule has 0 heterocycles. The first-order valence-electron chi connectivity index (χ1n) is 6.51. The van der Waals surface area contributed by atoms with Gasteiger partial charge in [-0.25, -0.2) is 0 Å². The molecule has 4 N–H and O–H groups in total. The summed E-state index contributed by atoms with van der Waals surface area (Å²) in [7, 11) is 0. The van der Waals surface area contributed by atoms with Gasteiger partial charge in [0.25, 0.3) is 0 Å². The lowest BCUT2D eigenvalue weighted by molar-refractivity contribution is 0.524. The molecule has 0 spiro atoms. The van der Waals surface area contributed by atoms with Gasteiger partial charge in [-0.2, -0.15) is 0 Å². The van der Waals surface area contributed by atoms with E-state index in [1.165, 1.54) is 31.3 Å². The van der Waals surface area contributed by atoms with Crippen LogP contribution in [0.3, 0.4) is 0 Å². The third kappa shape index (κ3) is 3.42. The Morgan fingerprint density at radius 3 is 2.47 bits per heavy atom. The Morgan fingerprint density at radius 2 is 1.82 bits per heavy atom. The van der Waals surface area contributed by atoms with E-state index in [-0.39, 0.29) is 12.1 Å². The fraction of sp³-hybridized carbons (Fsp3) is 0.467. The Morgan fingerprint density at radius 1 is 1.06 bits per heavy atom. The van der Waals surface area contributed by atoms with Gasteiger partial charge >= 0.3 is 0 Å². The Labute approximate surface area is 104 Å². The predicted octanol–water partition coefficient (Wildman–Crippen LogP) is 2.90. The normalized spacial score (nSPS) is 19.5. The summed E-state index contributed by atoms with van der Waals surface area (Å²) in [4.78, 5) is 0. The van der Waals surface area contributed by atoms with Gasteiger partial charge in [0.2, 0.25) is 0 Å². The van der Waals surface area contributed by atoms with Crippen LogP contribution in [-0.2, 0) is 0 Å². The number of hydrogen-bond donors (Lipinski definition) is 2. The van der Waals surface area contributed by atoms with Crippen LogP contribution >= 0.6 is 0 Å². The smallest absolute Gasteiger partial charge is 0.0451 e. The maximum atomic E-state index is 6.21. The first-order valence-corrected chi connectivity index (χ1v) is 6.51. The average Bonchev–Trinajstić information content (AvgIpc) is 2.40. The van der Waals surface area contributed by atoms with Crippen LogP contribution in [0.2, 0.25) is 0 Å². The number of allylic oxidation sites excluding steroid dienone is 1. The topological polar surface area (TPSA) is 52.0 Å². The fourth-order valence-corrected chi connectivity index (χ4v) is 2.44. The lowest BCUT2D eigenvalue weighted by Crippen LogP contribution is -2.34. The minimum atomic E-state index is -0.0565. The Kier molecular flexibility index (Phi) is 4.35. The summed E-state index contributed by atoms with van der Waals surface area (Å²) in [6, 6.07) is 10.1. The summed E-state index contributed by atoms with van der Waals surface area (Å²) in [6.07, 6.45) is 8.33. The first kappa shape index (κ1) is 12.3. The lowest BCUT2D eigenvalue weighted by atomic mass is 9.90.